The highest BCUT2D eigenvalue weighted by atomic mass is 32.2. The fraction of sp³-hybridized carbons (Fsp3) is 0.917. The van der Waals surface area contributed by atoms with Gasteiger partial charge in [0, 0.05) is 0 Å². The highest BCUT2D eigenvalue weighted by Gasteiger charge is 2.43. The van der Waals surface area contributed by atoms with Gasteiger partial charge in [0.1, 0.15) is 6.10 Å². The van der Waals surface area contributed by atoms with Crippen LogP contribution in [-0.2, 0) is 19.4 Å². The molecule has 0 N–H and O–H groups in total. The number of carbonyl (C=O) groups excluding carboxylic acids is 1. The minimum atomic E-state index is -2.99. The van der Waals surface area contributed by atoms with E-state index in [9.17, 15) is 13.2 Å². The third kappa shape index (κ3) is 2.21. The topological polar surface area (TPSA) is 60.4 Å². The largest absolute Gasteiger partial charge is 0.462 e. The summed E-state index contributed by atoms with van der Waals surface area (Å²) in [7, 11) is -2.99. The molecular weight excluding hydrogens is 240 g/mol. The van der Waals surface area contributed by atoms with Gasteiger partial charge in [-0.2, -0.15) is 0 Å². The summed E-state index contributed by atoms with van der Waals surface area (Å²) in [5.41, 5.74) is 0. The number of esters is 1. The minimum absolute atomic E-state index is 0.00729. The quantitative estimate of drug-likeness (QED) is 0.697. The molecule has 1 aliphatic heterocycles. The lowest BCUT2D eigenvalue weighted by atomic mass is 9.97. The van der Waals surface area contributed by atoms with Gasteiger partial charge in [-0.1, -0.05) is 0 Å². The van der Waals surface area contributed by atoms with E-state index in [2.05, 4.69) is 0 Å². The lowest BCUT2D eigenvalue weighted by molar-refractivity contribution is -0.155. The first-order valence-electron chi connectivity index (χ1n) is 6.44. The molecule has 0 radical (unpaired) electrons. The maximum absolute atomic E-state index is 11.9. The van der Waals surface area contributed by atoms with Gasteiger partial charge in [-0.15, -0.1) is 0 Å². The predicted octanol–water partition coefficient (Wildman–Crippen LogP) is 1.15. The summed E-state index contributed by atoms with van der Waals surface area (Å²) >= 11 is 0. The van der Waals surface area contributed by atoms with Gasteiger partial charge in [0.15, 0.2) is 9.84 Å². The van der Waals surface area contributed by atoms with Gasteiger partial charge < -0.3 is 4.74 Å². The van der Waals surface area contributed by atoms with Crippen molar-refractivity contribution >= 4 is 15.8 Å². The molecule has 0 aromatic heterocycles. The Morgan fingerprint density at radius 1 is 1.12 bits per heavy atom. The van der Waals surface area contributed by atoms with E-state index < -0.39 is 15.8 Å². The van der Waals surface area contributed by atoms with Crippen molar-refractivity contribution in [1.82, 2.24) is 0 Å². The molecule has 0 aromatic carbocycles. The summed E-state index contributed by atoms with van der Waals surface area (Å²) in [6.45, 7) is 0. The van der Waals surface area contributed by atoms with E-state index in [4.69, 9.17) is 4.74 Å². The molecule has 96 valence electrons. The van der Waals surface area contributed by atoms with Crippen molar-refractivity contribution in [3.8, 4) is 0 Å². The fourth-order valence-electron chi connectivity index (χ4n) is 3.56. The van der Waals surface area contributed by atoms with E-state index in [1.54, 1.807) is 0 Å². The van der Waals surface area contributed by atoms with Crippen LogP contribution in [0.5, 0.6) is 0 Å². The molecule has 5 heteroatoms. The predicted molar refractivity (Wildman–Crippen MR) is 62.1 cm³/mol. The summed E-state index contributed by atoms with van der Waals surface area (Å²) < 4.78 is 28.1. The molecule has 3 rings (SSSR count). The third-order valence-corrected chi connectivity index (χ3v) is 6.27. The van der Waals surface area contributed by atoms with Gasteiger partial charge in [-0.3, -0.25) is 4.79 Å². The van der Waals surface area contributed by atoms with Crippen LogP contribution in [0.3, 0.4) is 0 Å². The number of hydrogen-bond donors (Lipinski definition) is 0. The van der Waals surface area contributed by atoms with Crippen molar-refractivity contribution in [3.63, 3.8) is 0 Å². The number of ether oxygens (including phenoxy) is 1. The van der Waals surface area contributed by atoms with Crippen LogP contribution in [0, 0.1) is 17.8 Å². The monoisotopic (exact) mass is 258 g/mol. The maximum Gasteiger partial charge on any atom is 0.310 e. The van der Waals surface area contributed by atoms with Gasteiger partial charge in [0.25, 0.3) is 0 Å². The van der Waals surface area contributed by atoms with Gasteiger partial charge in [-0.05, 0) is 43.9 Å². The lowest BCUT2D eigenvalue weighted by Gasteiger charge is -2.23. The number of sulfone groups is 1. The number of hydrogen-bond acceptors (Lipinski definition) is 4. The van der Waals surface area contributed by atoms with Crippen LogP contribution < -0.4 is 0 Å². The van der Waals surface area contributed by atoms with E-state index in [1.807, 2.05) is 0 Å². The van der Waals surface area contributed by atoms with Gasteiger partial charge in [0.2, 0.25) is 0 Å². The van der Waals surface area contributed by atoms with Crippen molar-refractivity contribution in [3.05, 3.63) is 0 Å². The van der Waals surface area contributed by atoms with Crippen LogP contribution in [0.2, 0.25) is 0 Å². The van der Waals surface area contributed by atoms with Crippen molar-refractivity contribution < 1.29 is 17.9 Å². The first kappa shape index (κ1) is 11.5. The van der Waals surface area contributed by atoms with Crippen LogP contribution in [0.15, 0.2) is 0 Å². The second-order valence-corrected chi connectivity index (χ2v) is 7.98. The Morgan fingerprint density at radius 3 is 2.47 bits per heavy atom. The molecule has 17 heavy (non-hydrogen) atoms. The molecule has 4 nitrogen and oxygen atoms in total. The fourth-order valence-corrected chi connectivity index (χ4v) is 5.28. The first-order valence-corrected chi connectivity index (χ1v) is 8.26. The second kappa shape index (κ2) is 3.97. The molecule has 2 bridgehead atoms. The molecule has 4 atom stereocenters. The highest BCUT2D eigenvalue weighted by molar-refractivity contribution is 7.91. The molecule has 3 fully saturated rings. The Morgan fingerprint density at radius 2 is 1.94 bits per heavy atom. The summed E-state index contributed by atoms with van der Waals surface area (Å²) in [6, 6.07) is 0. The maximum atomic E-state index is 11.9. The Balaban J connectivity index is 1.58. The molecule has 1 heterocycles. The zero-order chi connectivity index (χ0) is 12.0. The lowest BCUT2D eigenvalue weighted by Crippen LogP contribution is -2.28. The summed E-state index contributed by atoms with van der Waals surface area (Å²) in [5, 5.41) is 0. The average molecular weight is 258 g/mol. The van der Waals surface area contributed by atoms with E-state index in [-0.39, 0.29) is 23.6 Å². The molecule has 0 amide bonds. The minimum Gasteiger partial charge on any atom is -0.462 e. The van der Waals surface area contributed by atoms with Crippen LogP contribution in [-0.4, -0.2) is 32.0 Å². The number of fused-ring (bicyclic) bond motifs is 2. The highest BCUT2D eigenvalue weighted by Crippen LogP contribution is 2.46. The summed E-state index contributed by atoms with van der Waals surface area (Å²) in [4.78, 5) is 11.9. The average Bonchev–Trinajstić information content (AvgIpc) is 2.92. The van der Waals surface area contributed by atoms with Crippen molar-refractivity contribution in [2.45, 2.75) is 38.2 Å². The third-order valence-electron chi connectivity index (χ3n) is 4.51. The number of rotatable bonds is 2. The SMILES string of the molecule is O=C(O[C@H]1C[C@H]2CC[C@H]1C2)[C@H]1CCS(=O)(=O)C1. The van der Waals surface area contributed by atoms with Crippen molar-refractivity contribution in [2.75, 3.05) is 11.5 Å². The molecule has 1 saturated heterocycles. The zero-order valence-electron chi connectivity index (χ0n) is 9.80. The van der Waals surface area contributed by atoms with Crippen LogP contribution in [0.25, 0.3) is 0 Å². The normalized spacial score (nSPS) is 42.8. The van der Waals surface area contributed by atoms with Crippen molar-refractivity contribution in [1.29, 1.82) is 0 Å². The number of carbonyl (C=O) groups is 1. The van der Waals surface area contributed by atoms with Crippen LogP contribution in [0.4, 0.5) is 0 Å². The first-order chi connectivity index (χ1) is 8.03. The van der Waals surface area contributed by atoms with Crippen molar-refractivity contribution in [2.24, 2.45) is 17.8 Å². The van der Waals surface area contributed by atoms with Crippen LogP contribution >= 0.6 is 0 Å². The standard InChI is InChI=1S/C12H18O4S/c13-12(10-3-4-17(14,15)7-10)16-11-6-8-1-2-9(11)5-8/h8-11H,1-7H2/t8-,9-,10-,11-/m0/s1. The second-order valence-electron chi connectivity index (χ2n) is 5.75. The smallest absolute Gasteiger partial charge is 0.310 e. The molecular formula is C12H18O4S. The van der Waals surface area contributed by atoms with E-state index in [0.29, 0.717) is 12.3 Å². The van der Waals surface area contributed by atoms with Gasteiger partial charge in [0.05, 0.1) is 17.4 Å². The zero-order valence-corrected chi connectivity index (χ0v) is 10.6. The molecule has 0 aromatic rings. The molecule has 0 spiro atoms. The Kier molecular flexibility index (Phi) is 2.69. The van der Waals surface area contributed by atoms with Gasteiger partial charge >= 0.3 is 5.97 Å². The Labute approximate surface area is 102 Å². The van der Waals surface area contributed by atoms with E-state index in [1.165, 1.54) is 19.3 Å². The molecule has 2 saturated carbocycles. The van der Waals surface area contributed by atoms with E-state index in [0.717, 1.165) is 12.3 Å². The van der Waals surface area contributed by atoms with Crippen LogP contribution in [0.1, 0.15) is 32.1 Å². The Hall–Kier alpha value is -0.580. The molecule has 0 unspecified atom stereocenters. The molecule has 2 aliphatic carbocycles. The molecule has 3 aliphatic rings. The summed E-state index contributed by atoms with van der Waals surface area (Å²) in [5.74, 6) is 0.741. The Bertz CT molecular complexity index is 428. The van der Waals surface area contributed by atoms with Gasteiger partial charge in [-0.25, -0.2) is 8.42 Å². The van der Waals surface area contributed by atoms with E-state index >= 15 is 0 Å². The summed E-state index contributed by atoms with van der Waals surface area (Å²) in [6.07, 6.45) is 5.16.